The summed E-state index contributed by atoms with van der Waals surface area (Å²) >= 11 is 0. The van der Waals surface area contributed by atoms with Gasteiger partial charge in [-0.15, -0.1) is 0 Å². The van der Waals surface area contributed by atoms with E-state index in [1.807, 2.05) is 6.92 Å². The Morgan fingerprint density at radius 1 is 1.18 bits per heavy atom. The third kappa shape index (κ3) is 4.03. The van der Waals surface area contributed by atoms with Gasteiger partial charge in [-0.05, 0) is 25.7 Å². The Balaban J connectivity index is 3.78. The molecule has 0 aromatic rings. The molecular formula is C10H19N. The van der Waals surface area contributed by atoms with E-state index in [2.05, 4.69) is 19.9 Å². The van der Waals surface area contributed by atoms with Crippen LogP contribution in [-0.2, 0) is 0 Å². The lowest BCUT2D eigenvalue weighted by atomic mass is 9.87. The summed E-state index contributed by atoms with van der Waals surface area (Å²) in [7, 11) is 0. The van der Waals surface area contributed by atoms with Crippen LogP contribution in [0.5, 0.6) is 0 Å². The minimum Gasteiger partial charge on any atom is -0.198 e. The van der Waals surface area contributed by atoms with Crippen molar-refractivity contribution in [3.05, 3.63) is 0 Å². The summed E-state index contributed by atoms with van der Waals surface area (Å²) in [5, 5.41) is 8.71. The zero-order valence-electron chi connectivity index (χ0n) is 7.93. The molecule has 0 heterocycles. The summed E-state index contributed by atoms with van der Waals surface area (Å²) in [6.45, 7) is 6.41. The predicted molar refractivity (Wildman–Crippen MR) is 48.1 cm³/mol. The van der Waals surface area contributed by atoms with Gasteiger partial charge in [0.1, 0.15) is 0 Å². The standard InChI is InChI=1S/C10H19N/c1-4-6-10(7-5-2)9(3)8-11/h9-10H,4-7H2,1-3H3. The molecule has 0 rings (SSSR count). The zero-order valence-corrected chi connectivity index (χ0v) is 7.93. The van der Waals surface area contributed by atoms with Crippen molar-refractivity contribution in [1.29, 1.82) is 5.26 Å². The van der Waals surface area contributed by atoms with Gasteiger partial charge < -0.3 is 0 Å². The van der Waals surface area contributed by atoms with Crippen molar-refractivity contribution in [1.82, 2.24) is 0 Å². The molecule has 0 amide bonds. The van der Waals surface area contributed by atoms with Gasteiger partial charge in [-0.2, -0.15) is 5.26 Å². The molecule has 1 unspecified atom stereocenters. The molecule has 1 heteroatoms. The van der Waals surface area contributed by atoms with Crippen molar-refractivity contribution >= 4 is 0 Å². The zero-order chi connectivity index (χ0) is 8.69. The molecule has 0 radical (unpaired) electrons. The number of nitrogens with zero attached hydrogens (tertiary/aromatic N) is 1. The molecule has 1 atom stereocenters. The normalized spacial score (nSPS) is 13.0. The van der Waals surface area contributed by atoms with Gasteiger partial charge in [0.25, 0.3) is 0 Å². The number of nitriles is 1. The Morgan fingerprint density at radius 3 is 1.91 bits per heavy atom. The molecule has 0 aliphatic carbocycles. The van der Waals surface area contributed by atoms with Gasteiger partial charge in [0.05, 0.1) is 6.07 Å². The molecule has 0 fully saturated rings. The highest BCUT2D eigenvalue weighted by Crippen LogP contribution is 2.21. The Kier molecular flexibility index (Phi) is 5.93. The topological polar surface area (TPSA) is 23.8 Å². The molecule has 0 spiro atoms. The molecule has 0 N–H and O–H groups in total. The van der Waals surface area contributed by atoms with Crippen LogP contribution in [0, 0.1) is 23.2 Å². The van der Waals surface area contributed by atoms with Crippen LogP contribution < -0.4 is 0 Å². The number of rotatable bonds is 5. The molecule has 11 heavy (non-hydrogen) atoms. The lowest BCUT2D eigenvalue weighted by Crippen LogP contribution is -2.09. The Bertz CT molecular complexity index is 117. The Labute approximate surface area is 70.4 Å². The van der Waals surface area contributed by atoms with Crippen LogP contribution in [0.4, 0.5) is 0 Å². The van der Waals surface area contributed by atoms with Crippen LogP contribution in [0.2, 0.25) is 0 Å². The Hall–Kier alpha value is -0.510. The minimum absolute atomic E-state index is 0.245. The summed E-state index contributed by atoms with van der Waals surface area (Å²) in [6, 6.07) is 2.33. The first kappa shape index (κ1) is 10.5. The highest BCUT2D eigenvalue weighted by atomic mass is 14.3. The smallest absolute Gasteiger partial charge is 0.0655 e. The maximum absolute atomic E-state index is 8.71. The fraction of sp³-hybridized carbons (Fsp3) is 0.900. The van der Waals surface area contributed by atoms with Gasteiger partial charge in [-0.3, -0.25) is 0 Å². The highest BCUT2D eigenvalue weighted by Gasteiger charge is 2.13. The molecule has 0 saturated heterocycles. The second-order valence-corrected chi connectivity index (χ2v) is 3.26. The van der Waals surface area contributed by atoms with Gasteiger partial charge in [-0.1, -0.05) is 26.7 Å². The average molecular weight is 153 g/mol. The van der Waals surface area contributed by atoms with E-state index in [-0.39, 0.29) is 5.92 Å². The lowest BCUT2D eigenvalue weighted by Gasteiger charge is -2.16. The molecular weight excluding hydrogens is 134 g/mol. The van der Waals surface area contributed by atoms with E-state index in [9.17, 15) is 0 Å². The van der Waals surface area contributed by atoms with Crippen molar-refractivity contribution in [3.8, 4) is 6.07 Å². The minimum atomic E-state index is 0.245. The molecule has 0 aliphatic heterocycles. The molecule has 1 nitrogen and oxygen atoms in total. The van der Waals surface area contributed by atoms with Crippen LogP contribution in [0.25, 0.3) is 0 Å². The first-order chi connectivity index (χ1) is 5.26. The second-order valence-electron chi connectivity index (χ2n) is 3.26. The second kappa shape index (κ2) is 6.22. The molecule has 64 valence electrons. The van der Waals surface area contributed by atoms with E-state index in [1.165, 1.54) is 25.7 Å². The van der Waals surface area contributed by atoms with Crippen molar-refractivity contribution in [2.75, 3.05) is 0 Å². The predicted octanol–water partition coefficient (Wildman–Crippen LogP) is 3.36. The third-order valence-corrected chi connectivity index (χ3v) is 2.23. The summed E-state index contributed by atoms with van der Waals surface area (Å²) in [6.07, 6.45) is 4.83. The fourth-order valence-electron chi connectivity index (χ4n) is 1.49. The quantitative estimate of drug-likeness (QED) is 0.594. The number of hydrogen-bond donors (Lipinski definition) is 0. The fourth-order valence-corrected chi connectivity index (χ4v) is 1.49. The summed E-state index contributed by atoms with van der Waals surface area (Å²) in [4.78, 5) is 0. The Morgan fingerprint density at radius 2 is 1.64 bits per heavy atom. The van der Waals surface area contributed by atoms with Crippen molar-refractivity contribution < 1.29 is 0 Å². The van der Waals surface area contributed by atoms with Crippen LogP contribution in [0.1, 0.15) is 46.5 Å². The largest absolute Gasteiger partial charge is 0.198 e. The maximum atomic E-state index is 8.71. The lowest BCUT2D eigenvalue weighted by molar-refractivity contribution is 0.365. The van der Waals surface area contributed by atoms with E-state index < -0.39 is 0 Å². The summed E-state index contributed by atoms with van der Waals surface area (Å²) in [5.41, 5.74) is 0. The van der Waals surface area contributed by atoms with E-state index >= 15 is 0 Å². The van der Waals surface area contributed by atoms with Crippen LogP contribution in [0.3, 0.4) is 0 Å². The summed E-state index contributed by atoms with van der Waals surface area (Å²) in [5.74, 6) is 0.880. The first-order valence-electron chi connectivity index (χ1n) is 4.65. The van der Waals surface area contributed by atoms with Gasteiger partial charge in [0.2, 0.25) is 0 Å². The molecule has 0 aromatic carbocycles. The monoisotopic (exact) mass is 153 g/mol. The molecule has 0 aromatic heterocycles. The SMILES string of the molecule is CCCC(CCC)C(C)C#N. The van der Waals surface area contributed by atoms with Gasteiger partial charge in [-0.25, -0.2) is 0 Å². The average Bonchev–Trinajstić information content (AvgIpc) is 2.03. The van der Waals surface area contributed by atoms with Gasteiger partial charge in [0.15, 0.2) is 0 Å². The van der Waals surface area contributed by atoms with Crippen LogP contribution >= 0.6 is 0 Å². The van der Waals surface area contributed by atoms with Crippen LogP contribution in [0.15, 0.2) is 0 Å². The summed E-state index contributed by atoms with van der Waals surface area (Å²) < 4.78 is 0. The molecule has 0 saturated carbocycles. The van der Waals surface area contributed by atoms with Crippen molar-refractivity contribution in [2.45, 2.75) is 46.5 Å². The molecule has 0 bridgehead atoms. The van der Waals surface area contributed by atoms with Gasteiger partial charge in [0, 0.05) is 5.92 Å². The van der Waals surface area contributed by atoms with E-state index in [0.29, 0.717) is 5.92 Å². The number of hydrogen-bond acceptors (Lipinski definition) is 1. The third-order valence-electron chi connectivity index (χ3n) is 2.23. The molecule has 0 aliphatic rings. The van der Waals surface area contributed by atoms with Crippen LogP contribution in [-0.4, -0.2) is 0 Å². The van der Waals surface area contributed by atoms with E-state index in [1.54, 1.807) is 0 Å². The first-order valence-corrected chi connectivity index (χ1v) is 4.65. The van der Waals surface area contributed by atoms with Crippen molar-refractivity contribution in [3.63, 3.8) is 0 Å². The highest BCUT2D eigenvalue weighted by molar-refractivity contribution is 4.84. The van der Waals surface area contributed by atoms with Gasteiger partial charge >= 0.3 is 0 Å². The maximum Gasteiger partial charge on any atom is 0.0655 e. The van der Waals surface area contributed by atoms with E-state index in [4.69, 9.17) is 5.26 Å². The van der Waals surface area contributed by atoms with Crippen molar-refractivity contribution in [2.24, 2.45) is 11.8 Å². The van der Waals surface area contributed by atoms with E-state index in [0.717, 1.165) is 0 Å².